The second kappa shape index (κ2) is 10.2. The van der Waals surface area contributed by atoms with Crippen molar-refractivity contribution >= 4 is 63.0 Å². The number of imide groups is 1. The molecule has 0 aliphatic carbocycles. The highest BCUT2D eigenvalue weighted by Crippen LogP contribution is 2.38. The molecule has 1 aliphatic heterocycles. The third kappa shape index (κ3) is 4.94. The molecule has 5 rings (SSSR count). The Bertz CT molecular complexity index is 1480. The van der Waals surface area contributed by atoms with Crippen LogP contribution in [0.4, 0.5) is 4.79 Å². The Kier molecular flexibility index (Phi) is 6.82. The van der Waals surface area contributed by atoms with Gasteiger partial charge in [0, 0.05) is 21.2 Å². The van der Waals surface area contributed by atoms with Crippen molar-refractivity contribution in [3.63, 3.8) is 0 Å². The second-order valence-electron chi connectivity index (χ2n) is 7.94. The molecule has 0 bridgehead atoms. The number of benzene rings is 4. The van der Waals surface area contributed by atoms with Crippen LogP contribution in [-0.2, 0) is 17.9 Å². The molecule has 0 unspecified atom stereocenters. The van der Waals surface area contributed by atoms with Gasteiger partial charge in [0.05, 0.1) is 11.4 Å². The Morgan fingerprint density at radius 1 is 0.800 bits per heavy atom. The molecule has 2 amide bonds. The van der Waals surface area contributed by atoms with Crippen LogP contribution in [0.2, 0.25) is 10.0 Å². The van der Waals surface area contributed by atoms with Crippen LogP contribution < -0.4 is 4.74 Å². The Hall–Kier alpha value is -3.25. The number of amides is 2. The second-order valence-corrected chi connectivity index (χ2v) is 9.75. The van der Waals surface area contributed by atoms with Gasteiger partial charge in [-0.1, -0.05) is 89.9 Å². The number of hydrogen-bond donors (Lipinski definition) is 0. The zero-order valence-corrected chi connectivity index (χ0v) is 20.7. The van der Waals surface area contributed by atoms with Crippen LogP contribution in [0.1, 0.15) is 16.7 Å². The number of carbonyl (C=O) groups excluding carboxylic acids is 2. The van der Waals surface area contributed by atoms with Crippen LogP contribution in [0.25, 0.3) is 16.8 Å². The number of carbonyl (C=O) groups is 2. The van der Waals surface area contributed by atoms with E-state index in [0.29, 0.717) is 26.3 Å². The van der Waals surface area contributed by atoms with Gasteiger partial charge in [0.25, 0.3) is 11.1 Å². The SMILES string of the molecule is O=C1S/C(=C\c2c(OCc3ccccc3Cl)ccc3ccccc23)C(=O)N1Cc1ccccc1Cl. The fourth-order valence-corrected chi connectivity index (χ4v) is 5.09. The molecular formula is C28H19Cl2NO3S. The lowest BCUT2D eigenvalue weighted by Gasteiger charge is -2.14. The summed E-state index contributed by atoms with van der Waals surface area (Å²) in [5.74, 6) is 0.242. The van der Waals surface area contributed by atoms with Crippen molar-refractivity contribution in [3.05, 3.63) is 117 Å². The van der Waals surface area contributed by atoms with Gasteiger partial charge in [-0.05, 0) is 52.4 Å². The maximum atomic E-state index is 13.2. The predicted octanol–water partition coefficient (Wildman–Crippen LogP) is 7.96. The maximum Gasteiger partial charge on any atom is 0.293 e. The van der Waals surface area contributed by atoms with Gasteiger partial charge in [-0.25, -0.2) is 0 Å². The third-order valence-corrected chi connectivity index (χ3v) is 7.35. The summed E-state index contributed by atoms with van der Waals surface area (Å²) < 4.78 is 6.16. The van der Waals surface area contributed by atoms with Crippen LogP contribution in [0.15, 0.2) is 89.8 Å². The van der Waals surface area contributed by atoms with E-state index in [-0.39, 0.29) is 24.3 Å². The van der Waals surface area contributed by atoms with E-state index in [9.17, 15) is 9.59 Å². The first-order chi connectivity index (χ1) is 17.0. The summed E-state index contributed by atoms with van der Waals surface area (Å²) >= 11 is 13.5. The Morgan fingerprint density at radius 3 is 2.20 bits per heavy atom. The minimum Gasteiger partial charge on any atom is -0.488 e. The maximum absolute atomic E-state index is 13.2. The smallest absolute Gasteiger partial charge is 0.293 e. The summed E-state index contributed by atoms with van der Waals surface area (Å²) in [6, 6.07) is 26.4. The van der Waals surface area contributed by atoms with Gasteiger partial charge in [-0.3, -0.25) is 14.5 Å². The van der Waals surface area contributed by atoms with Crippen molar-refractivity contribution < 1.29 is 14.3 Å². The first kappa shape index (κ1) is 23.5. The normalized spacial score (nSPS) is 14.8. The molecule has 1 heterocycles. The average Bonchev–Trinajstić information content (AvgIpc) is 3.13. The largest absolute Gasteiger partial charge is 0.488 e. The van der Waals surface area contributed by atoms with Gasteiger partial charge in [0.2, 0.25) is 0 Å². The molecule has 4 aromatic rings. The molecule has 0 spiro atoms. The molecule has 1 fully saturated rings. The van der Waals surface area contributed by atoms with E-state index in [1.54, 1.807) is 18.2 Å². The minimum absolute atomic E-state index is 0.118. The molecule has 174 valence electrons. The van der Waals surface area contributed by atoms with E-state index in [0.717, 1.165) is 33.7 Å². The molecule has 0 atom stereocenters. The van der Waals surface area contributed by atoms with Gasteiger partial charge in [-0.15, -0.1) is 0 Å². The van der Waals surface area contributed by atoms with Crippen LogP contribution in [0.5, 0.6) is 5.75 Å². The molecule has 0 N–H and O–H groups in total. The molecule has 7 heteroatoms. The number of halogens is 2. The standard InChI is InChI=1S/C28H19Cl2NO3S/c29-23-11-5-2-8-19(23)16-31-27(32)26(35-28(31)33)15-22-21-10-4-1-7-18(21)13-14-25(22)34-17-20-9-3-6-12-24(20)30/h1-15H,16-17H2/b26-15-. The number of rotatable bonds is 6. The highest BCUT2D eigenvalue weighted by Gasteiger charge is 2.35. The van der Waals surface area contributed by atoms with Crippen molar-refractivity contribution in [3.8, 4) is 5.75 Å². The van der Waals surface area contributed by atoms with Gasteiger partial charge in [0.15, 0.2) is 0 Å². The third-order valence-electron chi connectivity index (χ3n) is 5.71. The van der Waals surface area contributed by atoms with Crippen molar-refractivity contribution in [1.29, 1.82) is 0 Å². The Balaban J connectivity index is 1.49. The van der Waals surface area contributed by atoms with Gasteiger partial charge in [0.1, 0.15) is 12.4 Å². The Morgan fingerprint density at radius 2 is 1.46 bits per heavy atom. The number of fused-ring (bicyclic) bond motifs is 1. The van der Waals surface area contributed by atoms with E-state index >= 15 is 0 Å². The van der Waals surface area contributed by atoms with E-state index < -0.39 is 0 Å². The van der Waals surface area contributed by atoms with Gasteiger partial charge in [-0.2, -0.15) is 0 Å². The summed E-state index contributed by atoms with van der Waals surface area (Å²) in [7, 11) is 0. The van der Waals surface area contributed by atoms with Crippen molar-refractivity contribution in [2.75, 3.05) is 0 Å². The van der Waals surface area contributed by atoms with Crippen LogP contribution in [-0.4, -0.2) is 16.0 Å². The zero-order valence-electron chi connectivity index (χ0n) is 18.4. The van der Waals surface area contributed by atoms with E-state index in [2.05, 4.69) is 0 Å². The summed E-state index contributed by atoms with van der Waals surface area (Å²) in [6.45, 7) is 0.389. The summed E-state index contributed by atoms with van der Waals surface area (Å²) in [6.07, 6.45) is 1.74. The Labute approximate surface area is 217 Å². The summed E-state index contributed by atoms with van der Waals surface area (Å²) in [4.78, 5) is 27.5. The monoisotopic (exact) mass is 519 g/mol. The van der Waals surface area contributed by atoms with Crippen LogP contribution in [0, 0.1) is 0 Å². The highest BCUT2D eigenvalue weighted by atomic mass is 35.5. The molecule has 0 radical (unpaired) electrons. The average molecular weight is 520 g/mol. The lowest BCUT2D eigenvalue weighted by atomic mass is 10.0. The van der Waals surface area contributed by atoms with E-state index in [4.69, 9.17) is 27.9 Å². The lowest BCUT2D eigenvalue weighted by molar-refractivity contribution is -0.123. The van der Waals surface area contributed by atoms with Crippen molar-refractivity contribution in [1.82, 2.24) is 4.90 Å². The lowest BCUT2D eigenvalue weighted by Crippen LogP contribution is -2.27. The molecule has 4 aromatic carbocycles. The molecule has 4 nitrogen and oxygen atoms in total. The van der Waals surface area contributed by atoms with Crippen molar-refractivity contribution in [2.45, 2.75) is 13.2 Å². The number of hydrogen-bond acceptors (Lipinski definition) is 4. The molecule has 1 aliphatic rings. The topological polar surface area (TPSA) is 46.6 Å². The molecule has 1 saturated heterocycles. The molecule has 35 heavy (non-hydrogen) atoms. The number of ether oxygens (including phenoxy) is 1. The summed E-state index contributed by atoms with van der Waals surface area (Å²) in [5, 5.41) is 2.72. The number of nitrogens with zero attached hydrogens (tertiary/aromatic N) is 1. The first-order valence-corrected chi connectivity index (χ1v) is 12.5. The number of thioether (sulfide) groups is 1. The van der Waals surface area contributed by atoms with Gasteiger partial charge < -0.3 is 4.74 Å². The summed E-state index contributed by atoms with van der Waals surface area (Å²) in [5.41, 5.74) is 2.30. The first-order valence-electron chi connectivity index (χ1n) is 10.9. The fraction of sp³-hybridized carbons (Fsp3) is 0.0714. The van der Waals surface area contributed by atoms with Crippen molar-refractivity contribution in [2.24, 2.45) is 0 Å². The molecule has 0 saturated carbocycles. The fourth-order valence-electron chi connectivity index (χ4n) is 3.89. The van der Waals surface area contributed by atoms with Crippen LogP contribution in [0.3, 0.4) is 0 Å². The van der Waals surface area contributed by atoms with E-state index in [1.807, 2.05) is 72.8 Å². The molecular weight excluding hydrogens is 501 g/mol. The van der Waals surface area contributed by atoms with Gasteiger partial charge >= 0.3 is 0 Å². The van der Waals surface area contributed by atoms with E-state index in [1.165, 1.54) is 4.90 Å². The van der Waals surface area contributed by atoms with Crippen LogP contribution >= 0.6 is 35.0 Å². The zero-order chi connectivity index (χ0) is 24.4. The minimum atomic E-state index is -0.357. The quantitative estimate of drug-likeness (QED) is 0.242. The molecule has 0 aromatic heterocycles. The predicted molar refractivity (Wildman–Crippen MR) is 143 cm³/mol. The highest BCUT2D eigenvalue weighted by molar-refractivity contribution is 8.18.